The second-order valence-corrected chi connectivity index (χ2v) is 5.46. The van der Waals surface area contributed by atoms with E-state index in [9.17, 15) is 4.79 Å². The molecule has 18 heavy (non-hydrogen) atoms. The van der Waals surface area contributed by atoms with Crippen molar-refractivity contribution in [2.75, 3.05) is 11.9 Å². The zero-order valence-corrected chi connectivity index (χ0v) is 12.3. The number of halogens is 1. The van der Waals surface area contributed by atoms with Gasteiger partial charge in [0.1, 0.15) is 0 Å². The highest BCUT2D eigenvalue weighted by molar-refractivity contribution is 9.09. The lowest BCUT2D eigenvalue weighted by atomic mass is 10.1. The lowest BCUT2D eigenvalue weighted by molar-refractivity contribution is -0.0685. The summed E-state index contributed by atoms with van der Waals surface area (Å²) in [4.78, 5) is 14.2. The Morgan fingerprint density at radius 1 is 1.39 bits per heavy atom. The fourth-order valence-electron chi connectivity index (χ4n) is 2.19. The third-order valence-corrected chi connectivity index (χ3v) is 3.50. The molecule has 1 aliphatic heterocycles. The van der Waals surface area contributed by atoms with Gasteiger partial charge >= 0.3 is 0 Å². The number of amides is 1. The summed E-state index contributed by atoms with van der Waals surface area (Å²) >= 11 is 3.40. The van der Waals surface area contributed by atoms with Gasteiger partial charge in [-0.25, -0.2) is 0 Å². The number of rotatable bonds is 5. The van der Waals surface area contributed by atoms with Gasteiger partial charge in [-0.15, -0.1) is 0 Å². The van der Waals surface area contributed by atoms with Gasteiger partial charge in [0.2, 0.25) is 0 Å². The molecule has 1 amide bonds. The van der Waals surface area contributed by atoms with Gasteiger partial charge < -0.3 is 9.64 Å². The largest absolute Gasteiger partial charge is 0.351 e. The van der Waals surface area contributed by atoms with Crippen LogP contribution in [-0.4, -0.2) is 28.8 Å². The Morgan fingerprint density at radius 3 is 2.78 bits per heavy atom. The summed E-state index contributed by atoms with van der Waals surface area (Å²) in [6.45, 7) is 4.71. The molecule has 1 aliphatic rings. The Labute approximate surface area is 116 Å². The highest BCUT2D eigenvalue weighted by Gasteiger charge is 2.37. The van der Waals surface area contributed by atoms with Gasteiger partial charge in [0.05, 0.1) is 6.10 Å². The number of carbonyl (C=O) groups is 1. The van der Waals surface area contributed by atoms with Crippen LogP contribution in [0.1, 0.15) is 42.4 Å². The Hall–Kier alpha value is -0.870. The van der Waals surface area contributed by atoms with Crippen LogP contribution >= 0.6 is 15.9 Å². The molecule has 0 bridgehead atoms. The van der Waals surface area contributed by atoms with Crippen LogP contribution in [0.5, 0.6) is 0 Å². The normalized spacial score (nSPS) is 18.6. The van der Waals surface area contributed by atoms with Crippen LogP contribution in [-0.2, 0) is 4.74 Å². The van der Waals surface area contributed by atoms with Crippen LogP contribution in [0.25, 0.3) is 0 Å². The quantitative estimate of drug-likeness (QED) is 0.780. The molecule has 1 heterocycles. The zero-order chi connectivity index (χ0) is 13.1. The minimum atomic E-state index is -0.229. The molecule has 0 saturated heterocycles. The van der Waals surface area contributed by atoms with E-state index in [0.717, 1.165) is 29.4 Å². The molecular weight excluding hydrogens is 294 g/mol. The van der Waals surface area contributed by atoms with Gasteiger partial charge in [-0.05, 0) is 26.3 Å². The molecule has 0 N–H and O–H groups in total. The van der Waals surface area contributed by atoms with Gasteiger partial charge in [-0.3, -0.25) is 4.79 Å². The highest BCUT2D eigenvalue weighted by atomic mass is 79.9. The van der Waals surface area contributed by atoms with Crippen molar-refractivity contribution >= 4 is 21.8 Å². The number of alkyl halides is 1. The molecule has 0 radical (unpaired) electrons. The Kier molecular flexibility index (Phi) is 4.40. The summed E-state index contributed by atoms with van der Waals surface area (Å²) < 4.78 is 5.91. The van der Waals surface area contributed by atoms with Crippen molar-refractivity contribution in [1.29, 1.82) is 0 Å². The van der Waals surface area contributed by atoms with E-state index >= 15 is 0 Å². The molecule has 1 atom stereocenters. The first-order valence-electron chi connectivity index (χ1n) is 6.26. The predicted octanol–water partition coefficient (Wildman–Crippen LogP) is 3.35. The van der Waals surface area contributed by atoms with Gasteiger partial charge in [0, 0.05) is 23.0 Å². The molecule has 0 aromatic heterocycles. The maximum absolute atomic E-state index is 12.3. The van der Waals surface area contributed by atoms with Crippen molar-refractivity contribution in [2.45, 2.75) is 32.6 Å². The number of ether oxygens (including phenoxy) is 1. The summed E-state index contributed by atoms with van der Waals surface area (Å²) in [5.74, 6) is 0.0807. The summed E-state index contributed by atoms with van der Waals surface area (Å²) in [7, 11) is 0. The van der Waals surface area contributed by atoms with E-state index in [4.69, 9.17) is 4.74 Å². The van der Waals surface area contributed by atoms with Crippen molar-refractivity contribution in [3.8, 4) is 0 Å². The molecule has 0 spiro atoms. The molecule has 4 heteroatoms. The second-order valence-electron chi connectivity index (χ2n) is 4.67. The van der Waals surface area contributed by atoms with Crippen molar-refractivity contribution in [1.82, 2.24) is 4.90 Å². The van der Waals surface area contributed by atoms with E-state index in [0.29, 0.717) is 0 Å². The number of hydrogen-bond donors (Lipinski definition) is 0. The molecular formula is C14H18BrNO2. The SMILES string of the molecule is CC(C)OC1c2ccccc2C(=O)N1CCCBr. The summed E-state index contributed by atoms with van der Waals surface area (Å²) in [5.41, 5.74) is 1.77. The van der Waals surface area contributed by atoms with Gasteiger partial charge in [0.25, 0.3) is 5.91 Å². The van der Waals surface area contributed by atoms with E-state index in [1.165, 1.54) is 0 Å². The lowest BCUT2D eigenvalue weighted by Gasteiger charge is -2.26. The number of carbonyl (C=O) groups excluding carboxylic acids is 1. The Balaban J connectivity index is 2.28. The molecule has 0 fully saturated rings. The first kappa shape index (κ1) is 13.6. The molecule has 0 saturated carbocycles. The smallest absolute Gasteiger partial charge is 0.256 e. The van der Waals surface area contributed by atoms with Gasteiger partial charge in [0.15, 0.2) is 6.23 Å². The molecule has 1 aromatic carbocycles. The first-order chi connectivity index (χ1) is 8.65. The molecule has 3 nitrogen and oxygen atoms in total. The van der Waals surface area contributed by atoms with E-state index in [-0.39, 0.29) is 18.2 Å². The zero-order valence-electron chi connectivity index (χ0n) is 10.7. The van der Waals surface area contributed by atoms with Crippen molar-refractivity contribution < 1.29 is 9.53 Å². The van der Waals surface area contributed by atoms with Crippen LogP contribution in [0.3, 0.4) is 0 Å². The minimum Gasteiger partial charge on any atom is -0.351 e. The maximum Gasteiger partial charge on any atom is 0.256 e. The fraction of sp³-hybridized carbons (Fsp3) is 0.500. The predicted molar refractivity (Wildman–Crippen MR) is 74.9 cm³/mol. The summed E-state index contributed by atoms with van der Waals surface area (Å²) in [6.07, 6.45) is 0.797. The topological polar surface area (TPSA) is 29.5 Å². The lowest BCUT2D eigenvalue weighted by Crippen LogP contribution is -2.32. The standard InChI is InChI=1S/C14H18BrNO2/c1-10(2)18-14-12-7-4-3-6-11(12)13(17)16(14)9-5-8-15/h3-4,6-7,10,14H,5,8-9H2,1-2H3. The Morgan fingerprint density at radius 2 is 2.11 bits per heavy atom. The average molecular weight is 312 g/mol. The highest BCUT2D eigenvalue weighted by Crippen LogP contribution is 2.35. The number of benzene rings is 1. The number of hydrogen-bond acceptors (Lipinski definition) is 2. The van der Waals surface area contributed by atoms with Crippen LogP contribution in [0, 0.1) is 0 Å². The van der Waals surface area contributed by atoms with Crippen LogP contribution < -0.4 is 0 Å². The van der Waals surface area contributed by atoms with Gasteiger partial charge in [-0.2, -0.15) is 0 Å². The average Bonchev–Trinajstić information content (AvgIpc) is 2.61. The third-order valence-electron chi connectivity index (χ3n) is 2.93. The van der Waals surface area contributed by atoms with Crippen LogP contribution in [0.2, 0.25) is 0 Å². The van der Waals surface area contributed by atoms with Crippen molar-refractivity contribution in [3.63, 3.8) is 0 Å². The van der Waals surface area contributed by atoms with Crippen molar-refractivity contribution in [2.24, 2.45) is 0 Å². The van der Waals surface area contributed by atoms with Crippen LogP contribution in [0.4, 0.5) is 0 Å². The number of fused-ring (bicyclic) bond motifs is 1. The maximum atomic E-state index is 12.3. The van der Waals surface area contributed by atoms with E-state index in [1.807, 2.05) is 43.0 Å². The van der Waals surface area contributed by atoms with E-state index in [1.54, 1.807) is 0 Å². The van der Waals surface area contributed by atoms with E-state index < -0.39 is 0 Å². The fourth-order valence-corrected chi connectivity index (χ4v) is 2.44. The summed E-state index contributed by atoms with van der Waals surface area (Å²) in [5, 5.41) is 0.890. The first-order valence-corrected chi connectivity index (χ1v) is 7.38. The second kappa shape index (κ2) is 5.85. The van der Waals surface area contributed by atoms with Crippen molar-refractivity contribution in [3.05, 3.63) is 35.4 Å². The monoisotopic (exact) mass is 311 g/mol. The number of nitrogens with zero attached hydrogens (tertiary/aromatic N) is 1. The molecule has 0 aliphatic carbocycles. The molecule has 98 valence electrons. The molecule has 1 aromatic rings. The van der Waals surface area contributed by atoms with E-state index in [2.05, 4.69) is 15.9 Å². The summed E-state index contributed by atoms with van der Waals surface area (Å²) in [6, 6.07) is 7.71. The minimum absolute atomic E-state index is 0.0807. The third kappa shape index (κ3) is 2.59. The molecule has 1 unspecified atom stereocenters. The van der Waals surface area contributed by atoms with Crippen LogP contribution in [0.15, 0.2) is 24.3 Å². The molecule has 2 rings (SSSR count). The van der Waals surface area contributed by atoms with Gasteiger partial charge in [-0.1, -0.05) is 34.1 Å². The Bertz CT molecular complexity index is 434.